The first kappa shape index (κ1) is 24.3. The Bertz CT molecular complexity index is 1050. The van der Waals surface area contributed by atoms with E-state index >= 15 is 0 Å². The zero-order chi connectivity index (χ0) is 24.1. The summed E-state index contributed by atoms with van der Waals surface area (Å²) in [5.41, 5.74) is 1.00. The van der Waals surface area contributed by atoms with Crippen molar-refractivity contribution in [2.45, 2.75) is 20.8 Å². The van der Waals surface area contributed by atoms with Gasteiger partial charge in [-0.1, -0.05) is 31.5 Å². The third-order valence-electron chi connectivity index (χ3n) is 5.35. The molecule has 2 aromatic carbocycles. The van der Waals surface area contributed by atoms with Crippen LogP contribution in [0.1, 0.15) is 31.1 Å². The average molecular weight is 475 g/mol. The highest BCUT2D eigenvalue weighted by Gasteiger charge is 2.26. The fraction of sp³-hybridized carbons (Fsp3) is 0.391. The molecule has 1 heterocycles. The number of hydrogen-bond acceptors (Lipinski definition) is 6. The van der Waals surface area contributed by atoms with Crippen LogP contribution >= 0.6 is 11.6 Å². The van der Waals surface area contributed by atoms with E-state index in [0.717, 1.165) is 0 Å². The number of carbonyl (C=O) groups is 2. The van der Waals surface area contributed by atoms with Crippen LogP contribution in [0.3, 0.4) is 0 Å². The molecular weight excluding hydrogens is 448 g/mol. The van der Waals surface area contributed by atoms with Crippen LogP contribution in [0.5, 0.6) is 5.75 Å². The van der Waals surface area contributed by atoms with Crippen LogP contribution in [0.2, 0.25) is 5.02 Å². The summed E-state index contributed by atoms with van der Waals surface area (Å²) in [5.74, 6) is -0.348. The number of carbonyl (C=O) groups excluding carboxylic acids is 2. The number of piperazine rings is 1. The number of benzene rings is 2. The molecule has 0 bridgehead atoms. The molecule has 33 heavy (non-hydrogen) atoms. The molecule has 1 aliphatic rings. The van der Waals surface area contributed by atoms with Crippen molar-refractivity contribution < 1.29 is 19.2 Å². The van der Waals surface area contributed by atoms with Gasteiger partial charge in [-0.3, -0.25) is 19.7 Å². The van der Waals surface area contributed by atoms with Gasteiger partial charge in [-0.15, -0.1) is 0 Å². The number of ether oxygens (including phenoxy) is 1. The Balaban J connectivity index is 1.81. The second-order valence-corrected chi connectivity index (χ2v) is 8.34. The number of amides is 2. The van der Waals surface area contributed by atoms with E-state index in [1.807, 2.05) is 23.6 Å². The van der Waals surface area contributed by atoms with Gasteiger partial charge in [-0.25, -0.2) is 0 Å². The maximum Gasteiger partial charge on any atom is 0.311 e. The van der Waals surface area contributed by atoms with Crippen molar-refractivity contribution in [2.75, 3.05) is 43.0 Å². The minimum absolute atomic E-state index is 0.0649. The van der Waals surface area contributed by atoms with Gasteiger partial charge in [0.15, 0.2) is 5.75 Å². The number of halogens is 1. The van der Waals surface area contributed by atoms with E-state index in [9.17, 15) is 19.7 Å². The number of para-hydroxylation sites is 1. The van der Waals surface area contributed by atoms with Gasteiger partial charge in [0.25, 0.3) is 5.91 Å². The van der Waals surface area contributed by atoms with E-state index < -0.39 is 10.8 Å². The smallest absolute Gasteiger partial charge is 0.311 e. The molecule has 0 aromatic heterocycles. The van der Waals surface area contributed by atoms with Crippen LogP contribution < -0.4 is 15.0 Å². The van der Waals surface area contributed by atoms with Crippen LogP contribution in [-0.4, -0.2) is 54.4 Å². The van der Waals surface area contributed by atoms with E-state index in [1.54, 1.807) is 25.1 Å². The SMILES string of the molecule is CCOc1ccc(C(=O)Nc2cccc(Cl)c2N2CCN(C(=O)C(C)C)CC2)cc1[N+](=O)[O-]. The molecule has 1 aliphatic heterocycles. The quantitative estimate of drug-likeness (QED) is 0.476. The molecule has 0 saturated carbocycles. The van der Waals surface area contributed by atoms with Crippen molar-refractivity contribution >= 4 is 40.5 Å². The molecule has 10 heteroatoms. The summed E-state index contributed by atoms with van der Waals surface area (Å²) >= 11 is 6.48. The van der Waals surface area contributed by atoms with Crippen LogP contribution in [0.15, 0.2) is 36.4 Å². The van der Waals surface area contributed by atoms with Crippen molar-refractivity contribution in [3.8, 4) is 5.75 Å². The Hall–Kier alpha value is -3.33. The standard InChI is InChI=1S/C23H27ClN4O5/c1-4-33-20-9-8-16(14-19(20)28(31)32)22(29)25-18-7-5-6-17(24)21(18)26-10-12-27(13-11-26)23(30)15(2)3/h5-9,14-15H,4,10-13H2,1-3H3,(H,25,29). The molecule has 0 aliphatic carbocycles. The van der Waals surface area contributed by atoms with Gasteiger partial charge in [-0.2, -0.15) is 0 Å². The van der Waals surface area contributed by atoms with Crippen molar-refractivity contribution in [1.29, 1.82) is 0 Å². The molecule has 2 aromatic rings. The summed E-state index contributed by atoms with van der Waals surface area (Å²) in [6.45, 7) is 8.00. The van der Waals surface area contributed by atoms with Crippen LogP contribution in [0, 0.1) is 16.0 Å². The lowest BCUT2D eigenvalue weighted by Crippen LogP contribution is -2.50. The highest BCUT2D eigenvalue weighted by molar-refractivity contribution is 6.34. The summed E-state index contributed by atoms with van der Waals surface area (Å²) < 4.78 is 5.28. The first-order valence-corrected chi connectivity index (χ1v) is 11.2. The first-order chi connectivity index (χ1) is 15.7. The fourth-order valence-corrected chi connectivity index (χ4v) is 4.02. The predicted octanol–water partition coefficient (Wildman–Crippen LogP) is 4.20. The van der Waals surface area contributed by atoms with Gasteiger partial charge in [0.2, 0.25) is 5.91 Å². The number of nitro groups is 1. The lowest BCUT2D eigenvalue weighted by molar-refractivity contribution is -0.385. The Labute approximate surface area is 197 Å². The lowest BCUT2D eigenvalue weighted by atomic mass is 10.1. The maximum atomic E-state index is 12.9. The molecule has 1 fully saturated rings. The van der Waals surface area contributed by atoms with Crippen molar-refractivity contribution in [1.82, 2.24) is 4.90 Å². The molecule has 1 N–H and O–H groups in total. The van der Waals surface area contributed by atoms with E-state index in [2.05, 4.69) is 5.32 Å². The number of nitrogens with one attached hydrogen (secondary N) is 1. The highest BCUT2D eigenvalue weighted by atomic mass is 35.5. The molecule has 9 nitrogen and oxygen atoms in total. The van der Waals surface area contributed by atoms with Crippen LogP contribution in [-0.2, 0) is 4.79 Å². The molecule has 176 valence electrons. The Morgan fingerprint density at radius 2 is 1.88 bits per heavy atom. The second-order valence-electron chi connectivity index (χ2n) is 7.93. The third kappa shape index (κ3) is 5.54. The maximum absolute atomic E-state index is 12.9. The average Bonchev–Trinajstić information content (AvgIpc) is 2.79. The number of nitrogens with zero attached hydrogens (tertiary/aromatic N) is 3. The highest BCUT2D eigenvalue weighted by Crippen LogP contribution is 2.35. The van der Waals surface area contributed by atoms with Gasteiger partial charge >= 0.3 is 5.69 Å². The Kier molecular flexibility index (Phi) is 7.75. The second kappa shape index (κ2) is 10.5. The summed E-state index contributed by atoms with van der Waals surface area (Å²) in [6.07, 6.45) is 0. The van der Waals surface area contributed by atoms with Crippen LogP contribution in [0.25, 0.3) is 0 Å². The zero-order valence-corrected chi connectivity index (χ0v) is 19.6. The molecule has 0 unspecified atom stereocenters. The van der Waals surface area contributed by atoms with Crippen molar-refractivity contribution in [3.05, 3.63) is 57.1 Å². The number of nitro benzene ring substituents is 1. The van der Waals surface area contributed by atoms with Gasteiger partial charge in [0.05, 0.1) is 27.9 Å². The zero-order valence-electron chi connectivity index (χ0n) is 18.8. The monoisotopic (exact) mass is 474 g/mol. The molecule has 0 radical (unpaired) electrons. The fourth-order valence-electron chi connectivity index (χ4n) is 3.73. The van der Waals surface area contributed by atoms with E-state index in [-0.39, 0.29) is 35.4 Å². The topological polar surface area (TPSA) is 105 Å². The summed E-state index contributed by atoms with van der Waals surface area (Å²) in [4.78, 5) is 39.9. The van der Waals surface area contributed by atoms with Gasteiger partial charge < -0.3 is 19.9 Å². The number of rotatable bonds is 7. The number of anilines is 2. The van der Waals surface area contributed by atoms with E-state index in [0.29, 0.717) is 42.6 Å². The van der Waals surface area contributed by atoms with Gasteiger partial charge in [0, 0.05) is 43.7 Å². The first-order valence-electron chi connectivity index (χ1n) is 10.8. The molecule has 2 amide bonds. The summed E-state index contributed by atoms with van der Waals surface area (Å²) in [5, 5.41) is 14.7. The van der Waals surface area contributed by atoms with Gasteiger partial charge in [0.1, 0.15) is 0 Å². The van der Waals surface area contributed by atoms with Crippen LogP contribution in [0.4, 0.5) is 17.1 Å². The summed E-state index contributed by atoms with van der Waals surface area (Å²) in [7, 11) is 0. The Morgan fingerprint density at radius 1 is 1.18 bits per heavy atom. The van der Waals surface area contributed by atoms with E-state index in [4.69, 9.17) is 16.3 Å². The van der Waals surface area contributed by atoms with Crippen molar-refractivity contribution in [3.63, 3.8) is 0 Å². The molecule has 0 atom stereocenters. The minimum atomic E-state index is -0.579. The van der Waals surface area contributed by atoms with E-state index in [1.165, 1.54) is 18.2 Å². The molecular formula is C23H27ClN4O5. The molecule has 3 rings (SSSR count). The largest absolute Gasteiger partial charge is 0.487 e. The van der Waals surface area contributed by atoms with Crippen molar-refractivity contribution in [2.24, 2.45) is 5.92 Å². The lowest BCUT2D eigenvalue weighted by Gasteiger charge is -2.38. The normalized spacial score (nSPS) is 13.7. The molecule has 0 spiro atoms. The Morgan fingerprint density at radius 3 is 2.48 bits per heavy atom. The summed E-state index contributed by atoms with van der Waals surface area (Å²) in [6, 6.07) is 9.28. The van der Waals surface area contributed by atoms with Gasteiger partial charge in [-0.05, 0) is 31.2 Å². The molecule has 1 saturated heterocycles. The third-order valence-corrected chi connectivity index (χ3v) is 5.66. The minimum Gasteiger partial charge on any atom is -0.487 e. The predicted molar refractivity (Wildman–Crippen MR) is 127 cm³/mol. The number of hydrogen-bond donors (Lipinski definition) is 1.